The maximum atomic E-state index is 10.2. The summed E-state index contributed by atoms with van der Waals surface area (Å²) in [5.41, 5.74) is 2.95. The van der Waals surface area contributed by atoms with E-state index in [1.807, 2.05) is 53.1 Å². The quantitative estimate of drug-likeness (QED) is 0.625. The fourth-order valence-corrected chi connectivity index (χ4v) is 2.80. The molecule has 3 aromatic heterocycles. The Balaban J connectivity index is 2.04. The van der Waals surface area contributed by atoms with Gasteiger partial charge in [0.15, 0.2) is 0 Å². The highest BCUT2D eigenvalue weighted by Gasteiger charge is 2.19. The topological polar surface area (TPSA) is 59.7 Å². The van der Waals surface area contributed by atoms with Gasteiger partial charge in [0.2, 0.25) is 0 Å². The number of benzene rings is 1. The fourth-order valence-electron chi connectivity index (χ4n) is 2.80. The third-order valence-electron chi connectivity index (χ3n) is 3.91. The molecule has 0 amide bonds. The van der Waals surface area contributed by atoms with Gasteiger partial charge in [-0.2, -0.15) is 0 Å². The summed E-state index contributed by atoms with van der Waals surface area (Å²) in [6, 6.07) is 16.7. The number of nitrogens with zero attached hydrogens (tertiary/aromatic N) is 3. The van der Waals surface area contributed by atoms with E-state index in [-0.39, 0.29) is 5.75 Å². The zero-order chi connectivity index (χ0) is 16.5. The molecule has 5 nitrogen and oxygen atoms in total. The molecule has 0 aliphatic heterocycles. The smallest absolute Gasteiger partial charge is 0.149 e. The summed E-state index contributed by atoms with van der Waals surface area (Å²) >= 11 is 0. The van der Waals surface area contributed by atoms with Crippen LogP contribution < -0.4 is 4.74 Å². The first-order valence-electron chi connectivity index (χ1n) is 7.54. The maximum absolute atomic E-state index is 10.2. The van der Waals surface area contributed by atoms with Crippen LogP contribution in [0.2, 0.25) is 0 Å². The van der Waals surface area contributed by atoms with Crippen molar-refractivity contribution in [2.45, 2.75) is 0 Å². The lowest BCUT2D eigenvalue weighted by atomic mass is 10.2. The SMILES string of the molecule is COc1cccnc1-c1nc(-c2ccccc2O)n2ccccc12. The van der Waals surface area contributed by atoms with E-state index in [0.717, 1.165) is 5.52 Å². The zero-order valence-electron chi connectivity index (χ0n) is 13.0. The number of phenols is 1. The van der Waals surface area contributed by atoms with E-state index in [2.05, 4.69) is 4.98 Å². The normalized spacial score (nSPS) is 10.9. The molecule has 1 aromatic carbocycles. The summed E-state index contributed by atoms with van der Waals surface area (Å²) in [5.74, 6) is 1.50. The van der Waals surface area contributed by atoms with Gasteiger partial charge in [0.25, 0.3) is 0 Å². The summed E-state index contributed by atoms with van der Waals surface area (Å²) in [4.78, 5) is 9.20. The predicted molar refractivity (Wildman–Crippen MR) is 92.1 cm³/mol. The Morgan fingerprint density at radius 2 is 1.79 bits per heavy atom. The minimum Gasteiger partial charge on any atom is -0.507 e. The van der Waals surface area contributed by atoms with Gasteiger partial charge in [-0.05, 0) is 36.4 Å². The molecule has 0 atom stereocenters. The second kappa shape index (κ2) is 5.70. The van der Waals surface area contributed by atoms with Crippen molar-refractivity contribution >= 4 is 5.52 Å². The molecule has 0 radical (unpaired) electrons. The highest BCUT2D eigenvalue weighted by molar-refractivity contribution is 5.83. The molecular formula is C19H15N3O2. The van der Waals surface area contributed by atoms with E-state index >= 15 is 0 Å². The van der Waals surface area contributed by atoms with E-state index < -0.39 is 0 Å². The van der Waals surface area contributed by atoms with Crippen LogP contribution in [0, 0.1) is 0 Å². The van der Waals surface area contributed by atoms with E-state index in [1.165, 1.54) is 0 Å². The van der Waals surface area contributed by atoms with Crippen LogP contribution in [0.1, 0.15) is 0 Å². The first-order chi connectivity index (χ1) is 11.8. The molecule has 4 aromatic rings. The highest BCUT2D eigenvalue weighted by atomic mass is 16.5. The number of ether oxygens (including phenoxy) is 1. The average molecular weight is 317 g/mol. The summed E-state index contributed by atoms with van der Waals surface area (Å²) in [7, 11) is 1.61. The van der Waals surface area contributed by atoms with Crippen LogP contribution in [0.5, 0.6) is 11.5 Å². The molecule has 24 heavy (non-hydrogen) atoms. The van der Waals surface area contributed by atoms with E-state index in [9.17, 15) is 5.11 Å². The van der Waals surface area contributed by atoms with Gasteiger partial charge < -0.3 is 9.84 Å². The number of fused-ring (bicyclic) bond motifs is 1. The summed E-state index contributed by atoms with van der Waals surface area (Å²) < 4.78 is 7.37. The fraction of sp³-hybridized carbons (Fsp3) is 0.0526. The molecule has 0 aliphatic rings. The van der Waals surface area contributed by atoms with Gasteiger partial charge >= 0.3 is 0 Å². The number of para-hydroxylation sites is 1. The molecule has 0 bridgehead atoms. The zero-order valence-corrected chi connectivity index (χ0v) is 13.0. The van der Waals surface area contributed by atoms with Crippen molar-refractivity contribution < 1.29 is 9.84 Å². The highest BCUT2D eigenvalue weighted by Crippen LogP contribution is 2.35. The van der Waals surface area contributed by atoms with Crippen molar-refractivity contribution in [3.05, 3.63) is 67.0 Å². The molecule has 5 heteroatoms. The van der Waals surface area contributed by atoms with Crippen LogP contribution in [-0.2, 0) is 0 Å². The van der Waals surface area contributed by atoms with Gasteiger partial charge in [-0.1, -0.05) is 18.2 Å². The van der Waals surface area contributed by atoms with Crippen LogP contribution >= 0.6 is 0 Å². The monoisotopic (exact) mass is 317 g/mol. The molecule has 0 unspecified atom stereocenters. The Morgan fingerprint density at radius 1 is 0.958 bits per heavy atom. The molecule has 0 fully saturated rings. The molecule has 0 saturated heterocycles. The first-order valence-corrected chi connectivity index (χ1v) is 7.54. The van der Waals surface area contributed by atoms with Gasteiger partial charge in [0.05, 0.1) is 18.2 Å². The summed E-state index contributed by atoms with van der Waals surface area (Å²) in [5, 5.41) is 10.2. The van der Waals surface area contributed by atoms with Crippen molar-refractivity contribution in [2.24, 2.45) is 0 Å². The van der Waals surface area contributed by atoms with Crippen LogP contribution in [0.4, 0.5) is 0 Å². The molecular weight excluding hydrogens is 302 g/mol. The van der Waals surface area contributed by atoms with Gasteiger partial charge in [-0.3, -0.25) is 9.38 Å². The Hall–Kier alpha value is -3.34. The number of methoxy groups -OCH3 is 1. The number of aromatic nitrogens is 3. The standard InChI is InChI=1S/C19H15N3O2/c1-24-16-10-6-11-20-18(16)17-14-8-4-5-12-22(14)19(21-17)13-7-2-3-9-15(13)23/h2-12,23H,1H3. The Labute approximate surface area is 138 Å². The summed E-state index contributed by atoms with van der Waals surface area (Å²) in [6.07, 6.45) is 3.63. The van der Waals surface area contributed by atoms with Crippen molar-refractivity contribution in [3.8, 4) is 34.3 Å². The van der Waals surface area contributed by atoms with Crippen LogP contribution in [0.3, 0.4) is 0 Å². The van der Waals surface area contributed by atoms with Crippen LogP contribution in [0.15, 0.2) is 67.0 Å². The molecule has 0 spiro atoms. The summed E-state index contributed by atoms with van der Waals surface area (Å²) in [6.45, 7) is 0. The predicted octanol–water partition coefficient (Wildman–Crippen LogP) is 3.78. The van der Waals surface area contributed by atoms with Crippen molar-refractivity contribution in [2.75, 3.05) is 7.11 Å². The van der Waals surface area contributed by atoms with Crippen molar-refractivity contribution in [3.63, 3.8) is 0 Å². The average Bonchev–Trinajstić information content (AvgIpc) is 3.01. The number of pyridine rings is 2. The molecule has 1 N–H and O–H groups in total. The van der Waals surface area contributed by atoms with Gasteiger partial charge in [-0.15, -0.1) is 0 Å². The van der Waals surface area contributed by atoms with E-state index in [4.69, 9.17) is 9.72 Å². The Kier molecular flexibility index (Phi) is 3.39. The van der Waals surface area contributed by atoms with Gasteiger partial charge in [-0.25, -0.2) is 4.98 Å². The number of imidazole rings is 1. The van der Waals surface area contributed by atoms with Crippen LogP contribution in [0.25, 0.3) is 28.3 Å². The molecule has 0 aliphatic carbocycles. The third kappa shape index (κ3) is 2.18. The molecule has 4 rings (SSSR count). The molecule has 118 valence electrons. The third-order valence-corrected chi connectivity index (χ3v) is 3.91. The lowest BCUT2D eigenvalue weighted by molar-refractivity contribution is 0.414. The van der Waals surface area contributed by atoms with Crippen molar-refractivity contribution in [1.82, 2.24) is 14.4 Å². The minimum absolute atomic E-state index is 0.188. The Morgan fingerprint density at radius 3 is 2.62 bits per heavy atom. The number of hydrogen-bond acceptors (Lipinski definition) is 4. The maximum Gasteiger partial charge on any atom is 0.149 e. The number of aromatic hydroxyl groups is 1. The van der Waals surface area contributed by atoms with E-state index in [1.54, 1.807) is 25.4 Å². The lowest BCUT2D eigenvalue weighted by Crippen LogP contribution is -1.91. The van der Waals surface area contributed by atoms with Gasteiger partial charge in [0, 0.05) is 12.4 Å². The van der Waals surface area contributed by atoms with Crippen molar-refractivity contribution in [1.29, 1.82) is 0 Å². The second-order valence-electron chi connectivity index (χ2n) is 5.31. The van der Waals surface area contributed by atoms with Gasteiger partial charge in [0.1, 0.15) is 28.7 Å². The molecule has 3 heterocycles. The van der Waals surface area contributed by atoms with Crippen LogP contribution in [-0.4, -0.2) is 26.6 Å². The Bertz CT molecular complexity index is 1020. The second-order valence-corrected chi connectivity index (χ2v) is 5.31. The lowest BCUT2D eigenvalue weighted by Gasteiger charge is -2.04. The van der Waals surface area contributed by atoms with E-state index in [0.29, 0.717) is 28.5 Å². The largest absolute Gasteiger partial charge is 0.507 e. The number of hydrogen-bond donors (Lipinski definition) is 1. The number of rotatable bonds is 3. The molecule has 0 saturated carbocycles. The number of phenolic OH excluding ortho intramolecular Hbond substituents is 1. The minimum atomic E-state index is 0.188. The first kappa shape index (κ1) is 14.3.